The Hall–Kier alpha value is -3.02. The van der Waals surface area contributed by atoms with Gasteiger partial charge in [0, 0.05) is 18.5 Å². The minimum atomic E-state index is -0.710. The molecule has 1 saturated heterocycles. The zero-order valence-electron chi connectivity index (χ0n) is 32.4. The van der Waals surface area contributed by atoms with Gasteiger partial charge in [-0.25, -0.2) is 0 Å². The van der Waals surface area contributed by atoms with Crippen LogP contribution in [0.25, 0.3) is 22.3 Å². The number of carbonyl (C=O) groups is 1. The van der Waals surface area contributed by atoms with Crippen LogP contribution < -0.4 is 5.30 Å². The second-order valence-electron chi connectivity index (χ2n) is 16.4. The lowest BCUT2D eigenvalue weighted by atomic mass is 9.79. The van der Waals surface area contributed by atoms with Gasteiger partial charge < -0.3 is 0 Å². The molecular weight excluding hydrogens is 611 g/mol. The van der Waals surface area contributed by atoms with Crippen LogP contribution in [0.15, 0.2) is 72.8 Å². The van der Waals surface area contributed by atoms with E-state index in [0.29, 0.717) is 54.1 Å². The molecule has 5 rings (SSSR count). The summed E-state index contributed by atoms with van der Waals surface area (Å²) < 4.78 is 0. The molecular formula is C47H61OP. The van der Waals surface area contributed by atoms with E-state index in [2.05, 4.69) is 156 Å². The summed E-state index contributed by atoms with van der Waals surface area (Å²) in [5, 5.41) is 1.51. The van der Waals surface area contributed by atoms with Gasteiger partial charge in [0.1, 0.15) is 5.78 Å². The molecule has 2 atom stereocenters. The molecule has 0 spiro atoms. The standard InChI is InChI=1S/C47H61OP/c1-28(2)35-23-40(30(5)6)45(41(24-35)31(7)8)38-19-16-20-39(46-42(32(9)10)25-36(29(3)4)26-43(46)33(11)12)47(38)49-22-21-37(48)27-44(49)34-17-14-13-15-18-34/h13-20,23-26,28-33,44H,21-22,27H2,1-12H3. The molecule has 0 bridgehead atoms. The third kappa shape index (κ3) is 7.69. The van der Waals surface area contributed by atoms with E-state index in [-0.39, 0.29) is 5.66 Å². The molecule has 2 heteroatoms. The Morgan fingerprint density at radius 1 is 0.531 bits per heavy atom. The van der Waals surface area contributed by atoms with Crippen LogP contribution in [0.4, 0.5) is 0 Å². The van der Waals surface area contributed by atoms with Crippen LogP contribution in [0.3, 0.4) is 0 Å². The second kappa shape index (κ2) is 15.5. The molecule has 1 nitrogen and oxygen atoms in total. The van der Waals surface area contributed by atoms with Crippen LogP contribution in [0.2, 0.25) is 0 Å². The Morgan fingerprint density at radius 2 is 0.939 bits per heavy atom. The molecule has 0 aliphatic carbocycles. The van der Waals surface area contributed by atoms with Crippen molar-refractivity contribution in [1.29, 1.82) is 0 Å². The van der Waals surface area contributed by atoms with Crippen molar-refractivity contribution >= 4 is 19.0 Å². The molecule has 0 radical (unpaired) electrons. The Kier molecular flexibility index (Phi) is 11.8. The highest BCUT2D eigenvalue weighted by atomic mass is 31.1. The zero-order chi connectivity index (χ0) is 35.7. The van der Waals surface area contributed by atoms with E-state index in [1.165, 1.54) is 66.5 Å². The fourth-order valence-corrected chi connectivity index (χ4v) is 11.1. The highest BCUT2D eigenvalue weighted by Gasteiger charge is 2.36. The van der Waals surface area contributed by atoms with Gasteiger partial charge in [-0.3, -0.25) is 4.79 Å². The van der Waals surface area contributed by atoms with Crippen LogP contribution in [0, 0.1) is 0 Å². The van der Waals surface area contributed by atoms with Crippen molar-refractivity contribution in [2.24, 2.45) is 0 Å². The van der Waals surface area contributed by atoms with E-state index < -0.39 is 7.92 Å². The fourth-order valence-electron chi connectivity index (χ4n) is 7.86. The van der Waals surface area contributed by atoms with E-state index in [0.717, 1.165) is 6.16 Å². The fraction of sp³-hybridized carbons (Fsp3) is 0.468. The maximum Gasteiger partial charge on any atom is 0.134 e. The summed E-state index contributed by atoms with van der Waals surface area (Å²) in [5.74, 6) is 2.88. The summed E-state index contributed by atoms with van der Waals surface area (Å²) in [4.78, 5) is 13.3. The van der Waals surface area contributed by atoms with Crippen molar-refractivity contribution in [3.63, 3.8) is 0 Å². The van der Waals surface area contributed by atoms with Crippen LogP contribution in [0.5, 0.6) is 0 Å². The maximum atomic E-state index is 13.3. The van der Waals surface area contributed by atoms with Gasteiger partial charge in [0.15, 0.2) is 0 Å². The Labute approximate surface area is 300 Å². The van der Waals surface area contributed by atoms with Crippen LogP contribution in [-0.4, -0.2) is 11.9 Å². The van der Waals surface area contributed by atoms with Crippen molar-refractivity contribution in [3.05, 3.63) is 112 Å². The molecule has 1 fully saturated rings. The molecule has 1 heterocycles. The minimum Gasteiger partial charge on any atom is -0.300 e. The number of benzene rings is 4. The van der Waals surface area contributed by atoms with Crippen LogP contribution in [-0.2, 0) is 4.79 Å². The number of rotatable bonds is 10. The quantitative estimate of drug-likeness (QED) is 0.153. The number of ketones is 1. The molecule has 1 aliphatic heterocycles. The summed E-state index contributed by atoms with van der Waals surface area (Å²) in [6.45, 7) is 28.2. The first kappa shape index (κ1) is 37.2. The van der Waals surface area contributed by atoms with Crippen molar-refractivity contribution in [2.75, 3.05) is 6.16 Å². The largest absolute Gasteiger partial charge is 0.300 e. The van der Waals surface area contributed by atoms with Crippen molar-refractivity contribution in [1.82, 2.24) is 0 Å². The Bertz CT molecular complexity index is 1620. The lowest BCUT2D eigenvalue weighted by Gasteiger charge is -2.37. The smallest absolute Gasteiger partial charge is 0.134 e. The van der Waals surface area contributed by atoms with Crippen LogP contribution >= 0.6 is 7.92 Å². The highest BCUT2D eigenvalue weighted by molar-refractivity contribution is 7.66. The van der Waals surface area contributed by atoms with Gasteiger partial charge in [-0.05, 0) is 108 Å². The number of Topliss-reactive ketones (excluding diaryl/α,β-unsaturated/α-hetero) is 1. The summed E-state index contributed by atoms with van der Waals surface area (Å²) in [6, 6.07) is 28.2. The molecule has 2 unspecified atom stereocenters. The van der Waals surface area contributed by atoms with Gasteiger partial charge in [-0.2, -0.15) is 0 Å². The number of hydrogen-bond acceptors (Lipinski definition) is 1. The average Bonchev–Trinajstić information content (AvgIpc) is 3.06. The zero-order valence-corrected chi connectivity index (χ0v) is 33.3. The maximum absolute atomic E-state index is 13.3. The average molecular weight is 673 g/mol. The number of carbonyl (C=O) groups excluding carboxylic acids is 1. The predicted molar refractivity (Wildman–Crippen MR) is 217 cm³/mol. The molecule has 49 heavy (non-hydrogen) atoms. The first-order chi connectivity index (χ1) is 23.2. The molecule has 0 amide bonds. The van der Waals surface area contributed by atoms with Gasteiger partial charge in [0.2, 0.25) is 0 Å². The van der Waals surface area contributed by atoms with E-state index in [9.17, 15) is 4.79 Å². The molecule has 4 aromatic rings. The summed E-state index contributed by atoms with van der Waals surface area (Å²) in [7, 11) is -0.710. The molecule has 4 aromatic carbocycles. The van der Waals surface area contributed by atoms with E-state index in [1.54, 1.807) is 0 Å². The monoisotopic (exact) mass is 672 g/mol. The van der Waals surface area contributed by atoms with Gasteiger partial charge in [0.25, 0.3) is 0 Å². The highest BCUT2D eigenvalue weighted by Crippen LogP contribution is 2.59. The molecule has 260 valence electrons. The normalized spacial score (nSPS) is 17.1. The Balaban J connectivity index is 1.98. The summed E-state index contributed by atoms with van der Waals surface area (Å²) in [5.41, 5.74) is 15.9. The van der Waals surface area contributed by atoms with Crippen molar-refractivity contribution in [2.45, 2.75) is 137 Å². The minimum absolute atomic E-state index is 0.206. The van der Waals surface area contributed by atoms with E-state index in [4.69, 9.17) is 0 Å². The summed E-state index contributed by atoms with van der Waals surface area (Å²) >= 11 is 0. The molecule has 1 aliphatic rings. The second-order valence-corrected chi connectivity index (χ2v) is 18.8. The molecule has 0 aromatic heterocycles. The lowest BCUT2D eigenvalue weighted by molar-refractivity contribution is -0.118. The first-order valence-corrected chi connectivity index (χ1v) is 20.6. The van der Waals surface area contributed by atoms with Gasteiger partial charge in [-0.15, -0.1) is 0 Å². The van der Waals surface area contributed by atoms with E-state index >= 15 is 0 Å². The number of hydrogen-bond donors (Lipinski definition) is 0. The van der Waals surface area contributed by atoms with Crippen LogP contribution in [0.1, 0.15) is 176 Å². The van der Waals surface area contributed by atoms with Crippen molar-refractivity contribution in [3.8, 4) is 22.3 Å². The lowest BCUT2D eigenvalue weighted by Crippen LogP contribution is -2.24. The van der Waals surface area contributed by atoms with Crippen molar-refractivity contribution < 1.29 is 4.79 Å². The van der Waals surface area contributed by atoms with Gasteiger partial charge >= 0.3 is 0 Å². The molecule has 0 saturated carbocycles. The SMILES string of the molecule is CC(C)c1cc(C(C)C)c(-c2cccc(-c3c(C(C)C)cc(C(C)C)cc3C(C)C)c2P2CCC(=O)CC2c2ccccc2)c(C(C)C)c1. The third-order valence-corrected chi connectivity index (χ3v) is 13.7. The molecule has 0 N–H and O–H groups in total. The Morgan fingerprint density at radius 3 is 1.31 bits per heavy atom. The van der Waals surface area contributed by atoms with Gasteiger partial charge in [-0.1, -0.05) is 164 Å². The summed E-state index contributed by atoms with van der Waals surface area (Å²) in [6.07, 6.45) is 2.24. The van der Waals surface area contributed by atoms with E-state index in [1.807, 2.05) is 0 Å². The topological polar surface area (TPSA) is 17.1 Å². The first-order valence-electron chi connectivity index (χ1n) is 19.0. The predicted octanol–water partition coefficient (Wildman–Crippen LogP) is 14.0. The third-order valence-electron chi connectivity index (χ3n) is 10.7. The van der Waals surface area contributed by atoms with Gasteiger partial charge in [0.05, 0.1) is 0 Å².